The Morgan fingerprint density at radius 3 is 2.88 bits per heavy atom. The fourth-order valence-electron chi connectivity index (χ4n) is 1.07. The van der Waals surface area contributed by atoms with E-state index in [4.69, 9.17) is 5.73 Å². The lowest BCUT2D eigenvalue weighted by atomic mass is 10.1. The molecule has 0 bridgehead atoms. The maximum Gasteiger partial charge on any atom is 0.332 e. The van der Waals surface area contributed by atoms with Gasteiger partial charge in [-0.05, 0) is 6.92 Å². The van der Waals surface area contributed by atoms with Gasteiger partial charge in [-0.15, -0.1) is 0 Å². The van der Waals surface area contributed by atoms with E-state index in [2.05, 4.69) is 5.10 Å². The fraction of sp³-hybridized carbons (Fsp3) is 0.111. The second kappa shape index (κ2) is 4.87. The van der Waals surface area contributed by atoms with Crippen LogP contribution in [0.2, 0.25) is 0 Å². The molecule has 16 heavy (non-hydrogen) atoms. The zero-order valence-electron chi connectivity index (χ0n) is 8.51. The monoisotopic (exact) mass is 222 g/mol. The number of benzene rings is 1. The highest BCUT2D eigenvalue weighted by atomic mass is 16.6. The number of aryl methyl sites for hydroxylation is 1. The van der Waals surface area contributed by atoms with Crippen LogP contribution in [0.15, 0.2) is 23.3 Å². The third-order valence-corrected chi connectivity index (χ3v) is 1.82. The Hall–Kier alpha value is -2.44. The summed E-state index contributed by atoms with van der Waals surface area (Å²) < 4.78 is 0. The number of hydrazone groups is 1. The summed E-state index contributed by atoms with van der Waals surface area (Å²) >= 11 is 0. The molecule has 0 spiro atoms. The predicted molar refractivity (Wildman–Crippen MR) is 58.1 cm³/mol. The summed E-state index contributed by atoms with van der Waals surface area (Å²) in [5.41, 5.74) is 7.85. The van der Waals surface area contributed by atoms with Gasteiger partial charge in [0.15, 0.2) is 0 Å². The first kappa shape index (κ1) is 11.6. The standard InChI is InChI=1S/C9H10N4O3/c1-6-2-3-7(4-8(6)13(15)16)5-11-12-9(10)14/h2-5H,1H3,(H3,10,12,14). The number of nitrogens with two attached hydrogens (primary N) is 1. The van der Waals surface area contributed by atoms with E-state index in [9.17, 15) is 14.9 Å². The van der Waals surface area contributed by atoms with Crippen LogP contribution in [0.4, 0.5) is 10.5 Å². The zero-order valence-corrected chi connectivity index (χ0v) is 8.51. The summed E-state index contributed by atoms with van der Waals surface area (Å²) in [6, 6.07) is 3.82. The summed E-state index contributed by atoms with van der Waals surface area (Å²) in [6.45, 7) is 1.64. The number of amides is 2. The van der Waals surface area contributed by atoms with Gasteiger partial charge in [-0.1, -0.05) is 12.1 Å². The summed E-state index contributed by atoms with van der Waals surface area (Å²) in [4.78, 5) is 20.5. The lowest BCUT2D eigenvalue weighted by Crippen LogP contribution is -2.24. The van der Waals surface area contributed by atoms with E-state index in [1.807, 2.05) is 5.43 Å². The van der Waals surface area contributed by atoms with E-state index in [0.717, 1.165) is 0 Å². The quantitative estimate of drug-likeness (QED) is 0.450. The van der Waals surface area contributed by atoms with Gasteiger partial charge >= 0.3 is 6.03 Å². The molecule has 0 aromatic heterocycles. The van der Waals surface area contributed by atoms with Gasteiger partial charge in [-0.25, -0.2) is 10.2 Å². The van der Waals surface area contributed by atoms with Crippen LogP contribution in [0.1, 0.15) is 11.1 Å². The number of primary amides is 1. The molecule has 0 unspecified atom stereocenters. The van der Waals surface area contributed by atoms with Crippen molar-refractivity contribution < 1.29 is 9.72 Å². The molecule has 0 radical (unpaired) electrons. The first-order chi connectivity index (χ1) is 7.50. The Morgan fingerprint density at radius 1 is 1.62 bits per heavy atom. The third kappa shape index (κ3) is 3.05. The van der Waals surface area contributed by atoms with Crippen molar-refractivity contribution in [3.63, 3.8) is 0 Å². The lowest BCUT2D eigenvalue weighted by molar-refractivity contribution is -0.385. The number of rotatable bonds is 3. The molecule has 0 fully saturated rings. The second-order valence-corrected chi connectivity index (χ2v) is 3.04. The van der Waals surface area contributed by atoms with Crippen LogP contribution in [0.3, 0.4) is 0 Å². The predicted octanol–water partition coefficient (Wildman–Crippen LogP) is 0.905. The summed E-state index contributed by atoms with van der Waals surface area (Å²) in [6.07, 6.45) is 1.27. The molecule has 0 saturated carbocycles. The minimum Gasteiger partial charge on any atom is -0.350 e. The molecule has 84 valence electrons. The van der Waals surface area contributed by atoms with Crippen molar-refractivity contribution >= 4 is 17.9 Å². The average Bonchev–Trinajstić information content (AvgIpc) is 2.19. The lowest BCUT2D eigenvalue weighted by Gasteiger charge is -1.98. The minimum absolute atomic E-state index is 0.00280. The van der Waals surface area contributed by atoms with Gasteiger partial charge in [0.05, 0.1) is 11.1 Å². The Kier molecular flexibility index (Phi) is 3.54. The van der Waals surface area contributed by atoms with Gasteiger partial charge in [-0.2, -0.15) is 5.10 Å². The van der Waals surface area contributed by atoms with Crippen LogP contribution in [0.5, 0.6) is 0 Å². The Balaban J connectivity index is 2.91. The number of carbonyl (C=O) groups is 1. The van der Waals surface area contributed by atoms with Crippen molar-refractivity contribution in [1.29, 1.82) is 0 Å². The van der Waals surface area contributed by atoms with E-state index in [1.165, 1.54) is 12.3 Å². The van der Waals surface area contributed by atoms with Crippen LogP contribution in [0.25, 0.3) is 0 Å². The van der Waals surface area contributed by atoms with Crippen molar-refractivity contribution in [1.82, 2.24) is 5.43 Å². The third-order valence-electron chi connectivity index (χ3n) is 1.82. The highest BCUT2D eigenvalue weighted by molar-refractivity contribution is 5.82. The van der Waals surface area contributed by atoms with Gasteiger partial charge in [0, 0.05) is 17.2 Å². The molecule has 0 aliphatic carbocycles. The summed E-state index contributed by atoms with van der Waals surface area (Å²) in [5, 5.41) is 14.1. The molecular weight excluding hydrogens is 212 g/mol. The zero-order chi connectivity index (χ0) is 12.1. The number of hydrogen-bond acceptors (Lipinski definition) is 4. The molecular formula is C9H10N4O3. The molecule has 0 heterocycles. The van der Waals surface area contributed by atoms with Crippen LogP contribution < -0.4 is 11.2 Å². The van der Waals surface area contributed by atoms with Crippen molar-refractivity contribution in [2.45, 2.75) is 6.92 Å². The summed E-state index contributed by atoms with van der Waals surface area (Å²) in [5.74, 6) is 0. The van der Waals surface area contributed by atoms with Crippen molar-refractivity contribution in [2.24, 2.45) is 10.8 Å². The molecule has 7 nitrogen and oxygen atoms in total. The smallest absolute Gasteiger partial charge is 0.332 e. The first-order valence-corrected chi connectivity index (χ1v) is 4.34. The molecule has 3 N–H and O–H groups in total. The van der Waals surface area contributed by atoms with Crippen molar-refractivity contribution in [2.75, 3.05) is 0 Å². The van der Waals surface area contributed by atoms with E-state index >= 15 is 0 Å². The maximum atomic E-state index is 10.6. The Bertz CT molecular complexity index is 456. The molecule has 1 aromatic carbocycles. The highest BCUT2D eigenvalue weighted by Crippen LogP contribution is 2.18. The molecule has 1 rings (SSSR count). The SMILES string of the molecule is Cc1ccc(C=NNC(N)=O)cc1[N+](=O)[O-]. The van der Waals surface area contributed by atoms with Crippen LogP contribution in [0, 0.1) is 17.0 Å². The van der Waals surface area contributed by atoms with Gasteiger partial charge in [0.1, 0.15) is 0 Å². The number of nitrogens with zero attached hydrogens (tertiary/aromatic N) is 2. The van der Waals surface area contributed by atoms with Crippen LogP contribution >= 0.6 is 0 Å². The molecule has 0 atom stereocenters. The van der Waals surface area contributed by atoms with Crippen molar-refractivity contribution in [3.8, 4) is 0 Å². The van der Waals surface area contributed by atoms with Gasteiger partial charge in [-0.3, -0.25) is 10.1 Å². The number of nitro groups is 1. The minimum atomic E-state index is -0.794. The fourth-order valence-corrected chi connectivity index (χ4v) is 1.07. The number of carbonyl (C=O) groups excluding carboxylic acids is 1. The molecule has 0 aliphatic heterocycles. The van der Waals surface area contributed by atoms with Gasteiger partial charge in [0.25, 0.3) is 5.69 Å². The number of hydrogen-bond donors (Lipinski definition) is 2. The van der Waals surface area contributed by atoms with E-state index in [-0.39, 0.29) is 5.69 Å². The van der Waals surface area contributed by atoms with Crippen LogP contribution in [-0.2, 0) is 0 Å². The molecule has 7 heteroatoms. The highest BCUT2D eigenvalue weighted by Gasteiger charge is 2.09. The van der Waals surface area contributed by atoms with Crippen LogP contribution in [-0.4, -0.2) is 17.2 Å². The largest absolute Gasteiger partial charge is 0.350 e. The average molecular weight is 222 g/mol. The molecule has 2 amide bonds. The van der Waals surface area contributed by atoms with E-state index in [0.29, 0.717) is 11.1 Å². The number of urea groups is 1. The van der Waals surface area contributed by atoms with E-state index in [1.54, 1.807) is 19.1 Å². The Labute approximate surface area is 91.1 Å². The molecule has 1 aromatic rings. The normalized spacial score (nSPS) is 10.3. The Morgan fingerprint density at radius 2 is 2.31 bits per heavy atom. The number of nitrogens with one attached hydrogen (secondary N) is 1. The first-order valence-electron chi connectivity index (χ1n) is 4.34. The van der Waals surface area contributed by atoms with Gasteiger partial charge < -0.3 is 5.73 Å². The molecule has 0 saturated heterocycles. The summed E-state index contributed by atoms with van der Waals surface area (Å²) in [7, 11) is 0. The topological polar surface area (TPSA) is 111 Å². The van der Waals surface area contributed by atoms with Crippen molar-refractivity contribution in [3.05, 3.63) is 39.4 Å². The molecule has 0 aliphatic rings. The maximum absolute atomic E-state index is 10.6. The van der Waals surface area contributed by atoms with E-state index < -0.39 is 11.0 Å². The number of nitro benzene ring substituents is 1. The van der Waals surface area contributed by atoms with Gasteiger partial charge in [0.2, 0.25) is 0 Å². The second-order valence-electron chi connectivity index (χ2n) is 3.04.